The number of hydrogen-bond acceptors (Lipinski definition) is 3. The summed E-state index contributed by atoms with van der Waals surface area (Å²) >= 11 is 1.84. The van der Waals surface area contributed by atoms with Crippen molar-refractivity contribution >= 4 is 59.0 Å². The van der Waals surface area contributed by atoms with Crippen LogP contribution in [0.1, 0.15) is 5.56 Å². The van der Waals surface area contributed by atoms with Crippen molar-refractivity contribution in [1.29, 1.82) is 0 Å². The molecule has 0 unspecified atom stereocenters. The van der Waals surface area contributed by atoms with Crippen LogP contribution in [0.4, 0.5) is 0 Å². The van der Waals surface area contributed by atoms with Gasteiger partial charge in [0.1, 0.15) is 0 Å². The largest absolute Gasteiger partial charge is 0.462 e. The number of hydrogen-bond donors (Lipinski definition) is 0. The monoisotopic (exact) mass is 382 g/mol. The molecule has 0 saturated heterocycles. The van der Waals surface area contributed by atoms with Crippen LogP contribution in [0.3, 0.4) is 0 Å². The highest BCUT2D eigenvalue weighted by Crippen LogP contribution is 2.42. The summed E-state index contributed by atoms with van der Waals surface area (Å²) in [7, 11) is 0. The number of esters is 1. The highest BCUT2D eigenvalue weighted by Gasteiger charge is 2.14. The summed E-state index contributed by atoms with van der Waals surface area (Å²) < 4.78 is 7.82. The first kappa shape index (κ1) is 17.0. The molecule has 0 amide bonds. The molecule has 3 heteroatoms. The molecule has 0 atom stereocenters. The molecular formula is C25H18O2S. The van der Waals surface area contributed by atoms with E-state index in [0.717, 1.165) is 0 Å². The molecule has 136 valence electrons. The quantitative estimate of drug-likeness (QED) is 0.257. The second-order valence-corrected chi connectivity index (χ2v) is 7.89. The third-order valence-electron chi connectivity index (χ3n) is 5.24. The fourth-order valence-corrected chi connectivity index (χ4v) is 5.29. The average molecular weight is 382 g/mol. The maximum absolute atomic E-state index is 11.4. The minimum atomic E-state index is -0.376. The van der Waals surface area contributed by atoms with Gasteiger partial charge in [0.15, 0.2) is 0 Å². The van der Waals surface area contributed by atoms with E-state index in [-0.39, 0.29) is 5.97 Å². The van der Waals surface area contributed by atoms with Crippen molar-refractivity contribution in [2.75, 3.05) is 6.61 Å². The molecule has 0 aliphatic carbocycles. The number of benzene rings is 4. The van der Waals surface area contributed by atoms with Crippen LogP contribution < -0.4 is 0 Å². The fourth-order valence-electron chi connectivity index (χ4n) is 3.97. The Morgan fingerprint density at radius 2 is 1.68 bits per heavy atom. The van der Waals surface area contributed by atoms with Gasteiger partial charge in [-0.3, -0.25) is 0 Å². The molecule has 0 spiro atoms. The zero-order valence-corrected chi connectivity index (χ0v) is 16.1. The summed E-state index contributed by atoms with van der Waals surface area (Å²) in [4.78, 5) is 11.4. The third-order valence-corrected chi connectivity index (χ3v) is 6.42. The van der Waals surface area contributed by atoms with Crippen LogP contribution >= 0.6 is 11.3 Å². The predicted octanol–water partition coefficient (Wildman–Crippen LogP) is 6.63. The predicted molar refractivity (Wildman–Crippen MR) is 119 cm³/mol. The van der Waals surface area contributed by atoms with Crippen molar-refractivity contribution in [1.82, 2.24) is 0 Å². The topological polar surface area (TPSA) is 26.3 Å². The minimum absolute atomic E-state index is 0.355. The summed E-state index contributed by atoms with van der Waals surface area (Å²) in [5, 5.41) is 7.66. The number of ether oxygens (including phenoxy) is 1. The lowest BCUT2D eigenvalue weighted by atomic mass is 9.97. The van der Waals surface area contributed by atoms with Gasteiger partial charge in [0, 0.05) is 32.7 Å². The standard InChI is InChI=1S/C25H18O2S/c1-2-23(26)27-14-13-17-15-22-24(20-10-6-5-8-18(17)20)21-12-11-16-7-3-4-9-19(16)25(21)28-22/h2-12,15H,1,13-14H2. The molecule has 0 aliphatic heterocycles. The Balaban J connectivity index is 1.76. The van der Waals surface area contributed by atoms with E-state index >= 15 is 0 Å². The molecule has 0 bridgehead atoms. The zero-order chi connectivity index (χ0) is 19.1. The number of carbonyl (C=O) groups excluding carboxylic acids is 1. The van der Waals surface area contributed by atoms with Gasteiger partial charge in [0.2, 0.25) is 0 Å². The molecule has 4 aromatic carbocycles. The second kappa shape index (κ2) is 6.77. The summed E-state index contributed by atoms with van der Waals surface area (Å²) in [6.45, 7) is 3.81. The van der Waals surface area contributed by atoms with Gasteiger partial charge < -0.3 is 4.74 Å². The number of thiophene rings is 1. The smallest absolute Gasteiger partial charge is 0.330 e. The molecule has 5 rings (SSSR count). The lowest BCUT2D eigenvalue weighted by molar-refractivity contribution is -0.137. The van der Waals surface area contributed by atoms with Crippen molar-refractivity contribution in [3.05, 3.63) is 84.9 Å². The zero-order valence-electron chi connectivity index (χ0n) is 15.3. The van der Waals surface area contributed by atoms with E-state index in [4.69, 9.17) is 4.74 Å². The van der Waals surface area contributed by atoms with Gasteiger partial charge in [-0.2, -0.15) is 0 Å². The van der Waals surface area contributed by atoms with Gasteiger partial charge in [-0.25, -0.2) is 4.79 Å². The van der Waals surface area contributed by atoms with Gasteiger partial charge in [-0.05, 0) is 33.2 Å². The first-order chi connectivity index (χ1) is 13.8. The van der Waals surface area contributed by atoms with E-state index in [1.54, 1.807) is 0 Å². The van der Waals surface area contributed by atoms with Crippen molar-refractivity contribution in [2.45, 2.75) is 6.42 Å². The molecule has 0 radical (unpaired) electrons. The number of fused-ring (bicyclic) bond motifs is 7. The van der Waals surface area contributed by atoms with Crippen LogP contribution in [0.25, 0.3) is 41.7 Å². The maximum Gasteiger partial charge on any atom is 0.330 e. The molecule has 2 nitrogen and oxygen atoms in total. The Morgan fingerprint density at radius 3 is 2.50 bits per heavy atom. The highest BCUT2D eigenvalue weighted by atomic mass is 32.1. The van der Waals surface area contributed by atoms with Crippen LogP contribution in [0.5, 0.6) is 0 Å². The van der Waals surface area contributed by atoms with Crippen LogP contribution in [0, 0.1) is 0 Å². The number of rotatable bonds is 4. The molecule has 0 fully saturated rings. The summed E-state index contributed by atoms with van der Waals surface area (Å²) in [5.41, 5.74) is 1.20. The van der Waals surface area contributed by atoms with Crippen molar-refractivity contribution < 1.29 is 9.53 Å². The van der Waals surface area contributed by atoms with Gasteiger partial charge in [-0.15, -0.1) is 11.3 Å². The Morgan fingerprint density at radius 1 is 0.929 bits per heavy atom. The molecule has 5 aromatic rings. The van der Waals surface area contributed by atoms with Crippen LogP contribution in [-0.4, -0.2) is 12.6 Å². The lowest BCUT2D eigenvalue weighted by Gasteiger charge is -2.09. The fraction of sp³-hybridized carbons (Fsp3) is 0.0800. The van der Waals surface area contributed by atoms with E-state index in [2.05, 4.69) is 73.3 Å². The normalized spacial score (nSPS) is 11.4. The van der Waals surface area contributed by atoms with Crippen LogP contribution in [0.2, 0.25) is 0 Å². The summed E-state index contributed by atoms with van der Waals surface area (Å²) in [6, 6.07) is 23.8. The highest BCUT2D eigenvalue weighted by molar-refractivity contribution is 7.26. The van der Waals surface area contributed by atoms with Crippen LogP contribution in [0.15, 0.2) is 79.4 Å². The first-order valence-corrected chi connectivity index (χ1v) is 10.1. The SMILES string of the molecule is C=CC(=O)OCCc1cc2sc3c4ccccc4ccc3c2c2ccccc12. The lowest BCUT2D eigenvalue weighted by Crippen LogP contribution is -2.04. The molecule has 1 aromatic heterocycles. The van der Waals surface area contributed by atoms with Crippen LogP contribution in [-0.2, 0) is 16.0 Å². The van der Waals surface area contributed by atoms with Gasteiger partial charge in [0.05, 0.1) is 6.61 Å². The summed E-state index contributed by atoms with van der Waals surface area (Å²) in [5.74, 6) is -0.376. The average Bonchev–Trinajstić information content (AvgIpc) is 3.12. The molecule has 1 heterocycles. The Labute approximate surface area is 166 Å². The van der Waals surface area contributed by atoms with Crippen molar-refractivity contribution in [3.8, 4) is 0 Å². The van der Waals surface area contributed by atoms with E-state index in [1.165, 1.54) is 53.4 Å². The van der Waals surface area contributed by atoms with Gasteiger partial charge in [-0.1, -0.05) is 67.2 Å². The van der Waals surface area contributed by atoms with Crippen molar-refractivity contribution in [2.24, 2.45) is 0 Å². The Kier molecular flexibility index (Phi) is 4.10. The molecule has 28 heavy (non-hydrogen) atoms. The molecule has 0 aliphatic rings. The first-order valence-electron chi connectivity index (χ1n) is 9.30. The Hall–Kier alpha value is -3.17. The minimum Gasteiger partial charge on any atom is -0.462 e. The number of carbonyl (C=O) groups is 1. The maximum atomic E-state index is 11.4. The molecular weight excluding hydrogens is 364 g/mol. The Bertz CT molecular complexity index is 1380. The van der Waals surface area contributed by atoms with Gasteiger partial charge >= 0.3 is 5.97 Å². The second-order valence-electron chi connectivity index (χ2n) is 6.84. The van der Waals surface area contributed by atoms with E-state index in [0.29, 0.717) is 13.0 Å². The van der Waals surface area contributed by atoms with Crippen molar-refractivity contribution in [3.63, 3.8) is 0 Å². The van der Waals surface area contributed by atoms with E-state index < -0.39 is 0 Å². The van der Waals surface area contributed by atoms with E-state index in [9.17, 15) is 4.79 Å². The third kappa shape index (κ3) is 2.67. The van der Waals surface area contributed by atoms with Gasteiger partial charge in [0.25, 0.3) is 0 Å². The van der Waals surface area contributed by atoms with E-state index in [1.807, 2.05) is 11.3 Å². The molecule has 0 saturated carbocycles. The summed E-state index contributed by atoms with van der Waals surface area (Å²) in [6.07, 6.45) is 1.89. The molecule has 0 N–H and O–H groups in total.